The fourth-order valence-electron chi connectivity index (χ4n) is 3.52. The molecule has 114 valence electrons. The van der Waals surface area contributed by atoms with Gasteiger partial charge in [-0.1, -0.05) is 30.3 Å². The van der Waals surface area contributed by atoms with E-state index in [1.807, 2.05) is 36.4 Å². The highest BCUT2D eigenvalue weighted by Gasteiger charge is 2.09. The summed E-state index contributed by atoms with van der Waals surface area (Å²) in [6, 6.07) is 23.7. The van der Waals surface area contributed by atoms with Crippen molar-refractivity contribution >= 4 is 43.1 Å². The standard InChI is InChI=1S/C22H14O2/c23-19-6-5-15-12-21-18(8-16(15)10-19)9-17-7-13-3-1-2-4-14(13)11-20(17)22(21)24/h1-12,23-24H. The van der Waals surface area contributed by atoms with Gasteiger partial charge in [-0.05, 0) is 74.8 Å². The molecule has 0 bridgehead atoms. The Bertz CT molecular complexity index is 1270. The van der Waals surface area contributed by atoms with Crippen LogP contribution in [0, 0.1) is 0 Å². The Hall–Kier alpha value is -3.26. The number of phenols is 2. The van der Waals surface area contributed by atoms with Crippen molar-refractivity contribution in [2.45, 2.75) is 0 Å². The lowest BCUT2D eigenvalue weighted by Gasteiger charge is -2.10. The van der Waals surface area contributed by atoms with Crippen LogP contribution in [-0.4, -0.2) is 10.2 Å². The Morgan fingerprint density at radius 1 is 0.458 bits per heavy atom. The number of fused-ring (bicyclic) bond motifs is 4. The van der Waals surface area contributed by atoms with Gasteiger partial charge in [-0.3, -0.25) is 0 Å². The lowest BCUT2D eigenvalue weighted by atomic mass is 9.96. The van der Waals surface area contributed by atoms with Gasteiger partial charge in [0.25, 0.3) is 0 Å². The van der Waals surface area contributed by atoms with Crippen LogP contribution in [0.2, 0.25) is 0 Å². The van der Waals surface area contributed by atoms with E-state index < -0.39 is 0 Å². The highest BCUT2D eigenvalue weighted by atomic mass is 16.3. The fraction of sp³-hybridized carbons (Fsp3) is 0. The van der Waals surface area contributed by atoms with Gasteiger partial charge < -0.3 is 10.2 Å². The van der Waals surface area contributed by atoms with Crippen LogP contribution in [0.25, 0.3) is 43.1 Å². The van der Waals surface area contributed by atoms with Crippen LogP contribution in [0.15, 0.2) is 72.8 Å². The molecule has 0 aliphatic rings. The van der Waals surface area contributed by atoms with Gasteiger partial charge >= 0.3 is 0 Å². The summed E-state index contributed by atoms with van der Waals surface area (Å²) in [6.07, 6.45) is 0. The fourth-order valence-corrected chi connectivity index (χ4v) is 3.52. The first-order valence-electron chi connectivity index (χ1n) is 7.90. The minimum Gasteiger partial charge on any atom is -0.508 e. The lowest BCUT2D eigenvalue weighted by Crippen LogP contribution is -1.82. The number of hydrogen-bond donors (Lipinski definition) is 2. The van der Waals surface area contributed by atoms with Crippen LogP contribution in [0.4, 0.5) is 0 Å². The molecule has 5 aromatic carbocycles. The summed E-state index contributed by atoms with van der Waals surface area (Å²) in [5.74, 6) is 0.557. The average Bonchev–Trinajstić information content (AvgIpc) is 2.59. The lowest BCUT2D eigenvalue weighted by molar-refractivity contribution is 0.476. The molecule has 0 heterocycles. The molecule has 5 rings (SSSR count). The zero-order chi connectivity index (χ0) is 16.3. The summed E-state index contributed by atoms with van der Waals surface area (Å²) in [7, 11) is 0. The summed E-state index contributed by atoms with van der Waals surface area (Å²) in [4.78, 5) is 0. The van der Waals surface area contributed by atoms with Crippen molar-refractivity contribution < 1.29 is 10.2 Å². The third-order valence-corrected chi connectivity index (χ3v) is 4.73. The van der Waals surface area contributed by atoms with Crippen molar-refractivity contribution in [3.63, 3.8) is 0 Å². The van der Waals surface area contributed by atoms with Crippen molar-refractivity contribution in [2.75, 3.05) is 0 Å². The molecule has 24 heavy (non-hydrogen) atoms. The van der Waals surface area contributed by atoms with E-state index in [-0.39, 0.29) is 5.75 Å². The van der Waals surface area contributed by atoms with E-state index >= 15 is 0 Å². The van der Waals surface area contributed by atoms with Crippen LogP contribution in [-0.2, 0) is 0 Å². The predicted octanol–water partition coefficient (Wildman–Crippen LogP) is 5.71. The molecule has 0 spiro atoms. The van der Waals surface area contributed by atoms with E-state index in [9.17, 15) is 10.2 Å². The molecule has 0 amide bonds. The molecule has 5 aromatic rings. The Labute approximate surface area is 138 Å². The smallest absolute Gasteiger partial charge is 0.131 e. The largest absolute Gasteiger partial charge is 0.508 e. The van der Waals surface area contributed by atoms with E-state index in [4.69, 9.17) is 0 Å². The summed E-state index contributed by atoms with van der Waals surface area (Å²) in [5.41, 5.74) is 0. The van der Waals surface area contributed by atoms with Gasteiger partial charge in [0, 0.05) is 10.8 Å². The summed E-state index contributed by atoms with van der Waals surface area (Å²) in [6.45, 7) is 0. The topological polar surface area (TPSA) is 40.5 Å². The third-order valence-electron chi connectivity index (χ3n) is 4.73. The zero-order valence-electron chi connectivity index (χ0n) is 12.8. The van der Waals surface area contributed by atoms with Crippen molar-refractivity contribution in [1.82, 2.24) is 0 Å². The number of rotatable bonds is 0. The first-order chi connectivity index (χ1) is 11.7. The Kier molecular flexibility index (Phi) is 2.54. The first kappa shape index (κ1) is 13.2. The summed E-state index contributed by atoms with van der Waals surface area (Å²) < 4.78 is 0. The molecule has 2 nitrogen and oxygen atoms in total. The quantitative estimate of drug-likeness (QED) is 0.360. The Morgan fingerprint density at radius 3 is 1.71 bits per heavy atom. The van der Waals surface area contributed by atoms with Gasteiger partial charge in [0.2, 0.25) is 0 Å². The van der Waals surface area contributed by atoms with Gasteiger partial charge in [-0.15, -0.1) is 0 Å². The molecule has 2 heteroatoms. The number of benzene rings is 5. The van der Waals surface area contributed by atoms with Crippen molar-refractivity contribution in [3.05, 3.63) is 72.8 Å². The molecule has 0 saturated heterocycles. The van der Waals surface area contributed by atoms with Crippen LogP contribution in [0.3, 0.4) is 0 Å². The van der Waals surface area contributed by atoms with E-state index in [1.165, 1.54) is 0 Å². The molecule has 0 atom stereocenters. The minimum absolute atomic E-state index is 0.248. The molecular weight excluding hydrogens is 296 g/mol. The maximum absolute atomic E-state index is 10.8. The molecule has 0 unspecified atom stereocenters. The molecule has 0 fully saturated rings. The predicted molar refractivity (Wildman–Crippen MR) is 99.8 cm³/mol. The van der Waals surface area contributed by atoms with Crippen LogP contribution in [0.1, 0.15) is 0 Å². The minimum atomic E-state index is 0.248. The molecular formula is C22H14O2. The monoisotopic (exact) mass is 310 g/mol. The van der Waals surface area contributed by atoms with Gasteiger partial charge in [0.05, 0.1) is 0 Å². The van der Waals surface area contributed by atoms with Gasteiger partial charge in [-0.25, -0.2) is 0 Å². The second-order valence-electron chi connectivity index (χ2n) is 6.25. The second-order valence-corrected chi connectivity index (χ2v) is 6.25. The molecule has 0 radical (unpaired) electrons. The Balaban J connectivity index is 1.96. The maximum Gasteiger partial charge on any atom is 0.131 e. The van der Waals surface area contributed by atoms with Crippen molar-refractivity contribution in [3.8, 4) is 11.5 Å². The number of aromatic hydroxyl groups is 2. The van der Waals surface area contributed by atoms with Gasteiger partial charge in [0.1, 0.15) is 11.5 Å². The highest BCUT2D eigenvalue weighted by molar-refractivity contribution is 6.12. The summed E-state index contributed by atoms with van der Waals surface area (Å²) in [5, 5.41) is 28.4. The van der Waals surface area contributed by atoms with E-state index in [0.717, 1.165) is 43.1 Å². The zero-order valence-corrected chi connectivity index (χ0v) is 12.8. The Morgan fingerprint density at radius 2 is 1.00 bits per heavy atom. The van der Waals surface area contributed by atoms with Gasteiger partial charge in [0.15, 0.2) is 0 Å². The number of phenolic OH excluding ortho intramolecular Hbond substituents is 2. The number of hydrogen-bond acceptors (Lipinski definition) is 2. The van der Waals surface area contributed by atoms with E-state index in [1.54, 1.807) is 12.1 Å². The third kappa shape index (κ3) is 1.83. The normalized spacial score (nSPS) is 11.7. The molecule has 0 saturated carbocycles. The molecule has 0 aliphatic heterocycles. The molecule has 0 aliphatic carbocycles. The average molecular weight is 310 g/mol. The van der Waals surface area contributed by atoms with Crippen molar-refractivity contribution in [2.24, 2.45) is 0 Å². The molecule has 2 N–H and O–H groups in total. The van der Waals surface area contributed by atoms with Crippen LogP contribution in [0.5, 0.6) is 11.5 Å². The maximum atomic E-state index is 10.8. The molecule has 0 aromatic heterocycles. The van der Waals surface area contributed by atoms with E-state index in [2.05, 4.69) is 24.3 Å². The highest BCUT2D eigenvalue weighted by Crippen LogP contribution is 2.38. The van der Waals surface area contributed by atoms with E-state index in [0.29, 0.717) is 5.75 Å². The van der Waals surface area contributed by atoms with Crippen LogP contribution >= 0.6 is 0 Å². The first-order valence-corrected chi connectivity index (χ1v) is 7.90. The van der Waals surface area contributed by atoms with Crippen LogP contribution < -0.4 is 0 Å². The summed E-state index contributed by atoms with van der Waals surface area (Å²) >= 11 is 0. The SMILES string of the molecule is Oc1ccc2cc3c(O)c4cc5ccccc5cc4cc3cc2c1. The van der Waals surface area contributed by atoms with Gasteiger partial charge in [-0.2, -0.15) is 0 Å². The van der Waals surface area contributed by atoms with Crippen molar-refractivity contribution in [1.29, 1.82) is 0 Å². The second kappa shape index (κ2) is 4.62.